The molecular weight excluding hydrogens is 206 g/mol. The number of thiophene rings is 1. The van der Waals surface area contributed by atoms with Crippen LogP contribution in [0.4, 0.5) is 0 Å². The highest BCUT2D eigenvalue weighted by molar-refractivity contribution is 7.17. The average Bonchev–Trinajstić information content (AvgIpc) is 2.72. The molecule has 0 aliphatic heterocycles. The lowest BCUT2D eigenvalue weighted by Crippen LogP contribution is -2.35. The number of hydrogen-bond acceptors (Lipinski definition) is 3. The zero-order chi connectivity index (χ0) is 10.9. The molecule has 0 saturated carbocycles. The molecule has 1 atom stereocenters. The van der Waals surface area contributed by atoms with Gasteiger partial charge in [0.1, 0.15) is 0 Å². The van der Waals surface area contributed by atoms with E-state index in [4.69, 9.17) is 5.73 Å². The van der Waals surface area contributed by atoms with Gasteiger partial charge in [-0.2, -0.15) is 0 Å². The largest absolute Gasteiger partial charge is 0.395 e. The summed E-state index contributed by atoms with van der Waals surface area (Å²) in [5, 5.41) is 12.8. The maximum Gasteiger partial charge on any atom is 0.0537 e. The quantitative estimate of drug-likeness (QED) is 0.834. The summed E-state index contributed by atoms with van der Waals surface area (Å²) >= 11 is 1.70. The Bertz CT molecular complexity index is 459. The van der Waals surface area contributed by atoms with Crippen molar-refractivity contribution in [1.82, 2.24) is 0 Å². The Hall–Kier alpha value is -0.900. The summed E-state index contributed by atoms with van der Waals surface area (Å²) in [6.45, 7) is 2.55. The van der Waals surface area contributed by atoms with E-state index in [0.717, 1.165) is 5.56 Å². The van der Waals surface area contributed by atoms with Crippen LogP contribution >= 0.6 is 11.3 Å². The fourth-order valence-corrected chi connectivity index (χ4v) is 2.82. The normalized spacial score (nSPS) is 15.4. The van der Waals surface area contributed by atoms with Gasteiger partial charge in [-0.1, -0.05) is 25.1 Å². The van der Waals surface area contributed by atoms with Crippen molar-refractivity contribution in [2.24, 2.45) is 5.73 Å². The molecule has 0 spiro atoms. The highest BCUT2D eigenvalue weighted by Gasteiger charge is 2.26. The van der Waals surface area contributed by atoms with Gasteiger partial charge in [0, 0.05) is 16.7 Å². The Labute approximate surface area is 93.3 Å². The lowest BCUT2D eigenvalue weighted by Gasteiger charge is -2.25. The van der Waals surface area contributed by atoms with Gasteiger partial charge in [0.2, 0.25) is 0 Å². The van der Waals surface area contributed by atoms with Crippen LogP contribution in [-0.2, 0) is 5.41 Å². The minimum atomic E-state index is -0.320. The molecule has 80 valence electrons. The van der Waals surface area contributed by atoms with Crippen molar-refractivity contribution in [3.63, 3.8) is 0 Å². The van der Waals surface area contributed by atoms with Crippen molar-refractivity contribution < 1.29 is 5.11 Å². The van der Waals surface area contributed by atoms with Crippen LogP contribution in [0.3, 0.4) is 0 Å². The Morgan fingerprint density at radius 3 is 2.80 bits per heavy atom. The monoisotopic (exact) mass is 221 g/mol. The first kappa shape index (κ1) is 10.6. The van der Waals surface area contributed by atoms with Crippen LogP contribution in [0.2, 0.25) is 0 Å². The molecule has 1 aromatic carbocycles. The summed E-state index contributed by atoms with van der Waals surface area (Å²) in [7, 11) is 0. The molecule has 1 aromatic heterocycles. The molecule has 0 aliphatic carbocycles. The second-order valence-corrected chi connectivity index (χ2v) is 4.98. The lowest BCUT2D eigenvalue weighted by molar-refractivity contribution is 0.211. The van der Waals surface area contributed by atoms with Gasteiger partial charge in [0.05, 0.1) is 6.61 Å². The van der Waals surface area contributed by atoms with Crippen LogP contribution in [0, 0.1) is 0 Å². The van der Waals surface area contributed by atoms with Gasteiger partial charge in [-0.3, -0.25) is 0 Å². The highest BCUT2D eigenvalue weighted by Crippen LogP contribution is 2.34. The number of nitrogens with two attached hydrogens (primary N) is 1. The van der Waals surface area contributed by atoms with Crippen LogP contribution in [-0.4, -0.2) is 18.3 Å². The molecule has 0 fully saturated rings. The zero-order valence-corrected chi connectivity index (χ0v) is 9.55. The van der Waals surface area contributed by atoms with Crippen molar-refractivity contribution in [3.8, 4) is 0 Å². The first-order chi connectivity index (χ1) is 7.21. The number of aliphatic hydroxyl groups excluding tert-OH is 1. The smallest absolute Gasteiger partial charge is 0.0537 e. The third kappa shape index (κ3) is 1.67. The van der Waals surface area contributed by atoms with Crippen molar-refractivity contribution >= 4 is 21.4 Å². The van der Waals surface area contributed by atoms with Gasteiger partial charge in [-0.15, -0.1) is 11.3 Å². The number of aliphatic hydroxyl groups is 1. The molecule has 2 rings (SSSR count). The summed E-state index contributed by atoms with van der Waals surface area (Å²) in [6.07, 6.45) is 0. The number of benzene rings is 1. The zero-order valence-electron chi connectivity index (χ0n) is 8.73. The van der Waals surface area contributed by atoms with E-state index in [9.17, 15) is 5.11 Å². The van der Waals surface area contributed by atoms with Gasteiger partial charge < -0.3 is 10.8 Å². The summed E-state index contributed by atoms with van der Waals surface area (Å²) in [5.74, 6) is 0. The van der Waals surface area contributed by atoms with Crippen LogP contribution < -0.4 is 5.73 Å². The van der Waals surface area contributed by atoms with E-state index in [-0.39, 0.29) is 12.0 Å². The molecule has 1 unspecified atom stereocenters. The molecule has 3 heteroatoms. The Morgan fingerprint density at radius 2 is 2.13 bits per heavy atom. The number of fused-ring (bicyclic) bond motifs is 1. The molecule has 3 N–H and O–H groups in total. The van der Waals surface area contributed by atoms with E-state index in [1.807, 2.05) is 19.1 Å². The summed E-state index contributed by atoms with van der Waals surface area (Å²) in [4.78, 5) is 0. The fraction of sp³-hybridized carbons (Fsp3) is 0.333. The van der Waals surface area contributed by atoms with E-state index < -0.39 is 0 Å². The second kappa shape index (κ2) is 3.93. The van der Waals surface area contributed by atoms with E-state index in [0.29, 0.717) is 6.54 Å². The van der Waals surface area contributed by atoms with E-state index in [1.54, 1.807) is 11.3 Å². The van der Waals surface area contributed by atoms with Gasteiger partial charge in [0.15, 0.2) is 0 Å². The Kier molecular flexibility index (Phi) is 2.78. The van der Waals surface area contributed by atoms with Crippen LogP contribution in [0.15, 0.2) is 29.6 Å². The fourth-order valence-electron chi connectivity index (χ4n) is 1.70. The molecule has 0 aliphatic rings. The van der Waals surface area contributed by atoms with Crippen molar-refractivity contribution in [3.05, 3.63) is 35.2 Å². The molecule has 15 heavy (non-hydrogen) atoms. The van der Waals surface area contributed by atoms with E-state index in [2.05, 4.69) is 17.5 Å². The molecule has 2 nitrogen and oxygen atoms in total. The SMILES string of the molecule is CC(CN)(CO)c1csc2ccccc12. The van der Waals surface area contributed by atoms with Gasteiger partial charge >= 0.3 is 0 Å². The number of rotatable bonds is 3. The minimum Gasteiger partial charge on any atom is -0.395 e. The van der Waals surface area contributed by atoms with Crippen molar-refractivity contribution in [2.45, 2.75) is 12.3 Å². The van der Waals surface area contributed by atoms with E-state index >= 15 is 0 Å². The average molecular weight is 221 g/mol. The summed E-state index contributed by atoms with van der Waals surface area (Å²) < 4.78 is 1.25. The molecule has 1 heterocycles. The maximum absolute atomic E-state index is 9.44. The predicted molar refractivity (Wildman–Crippen MR) is 65.3 cm³/mol. The first-order valence-corrected chi connectivity index (χ1v) is 5.87. The second-order valence-electron chi connectivity index (χ2n) is 4.07. The Morgan fingerprint density at radius 1 is 1.40 bits per heavy atom. The van der Waals surface area contributed by atoms with Gasteiger partial charge in [-0.25, -0.2) is 0 Å². The molecule has 0 bridgehead atoms. The summed E-state index contributed by atoms with van der Waals surface area (Å²) in [5.41, 5.74) is 6.58. The van der Waals surface area contributed by atoms with Gasteiger partial charge in [0.25, 0.3) is 0 Å². The maximum atomic E-state index is 9.44. The first-order valence-electron chi connectivity index (χ1n) is 4.99. The topological polar surface area (TPSA) is 46.2 Å². The molecule has 0 amide bonds. The van der Waals surface area contributed by atoms with Crippen molar-refractivity contribution in [2.75, 3.05) is 13.2 Å². The van der Waals surface area contributed by atoms with Crippen LogP contribution in [0.1, 0.15) is 12.5 Å². The lowest BCUT2D eigenvalue weighted by atomic mass is 9.83. The van der Waals surface area contributed by atoms with E-state index in [1.165, 1.54) is 10.1 Å². The van der Waals surface area contributed by atoms with Crippen LogP contribution in [0.5, 0.6) is 0 Å². The third-order valence-corrected chi connectivity index (χ3v) is 3.89. The summed E-state index contributed by atoms with van der Waals surface area (Å²) in [6, 6.07) is 8.23. The number of hydrogen-bond donors (Lipinski definition) is 2. The van der Waals surface area contributed by atoms with Crippen LogP contribution in [0.25, 0.3) is 10.1 Å². The Balaban J connectivity index is 2.61. The molecule has 0 radical (unpaired) electrons. The molecule has 0 saturated heterocycles. The molecular formula is C12H15NOS. The predicted octanol–water partition coefficient (Wildman–Crippen LogP) is 2.11. The van der Waals surface area contributed by atoms with Gasteiger partial charge in [-0.05, 0) is 22.4 Å². The van der Waals surface area contributed by atoms with Crippen molar-refractivity contribution in [1.29, 1.82) is 0 Å². The minimum absolute atomic E-state index is 0.0875. The third-order valence-electron chi connectivity index (χ3n) is 2.93. The molecule has 2 aromatic rings. The standard InChI is InChI=1S/C12H15NOS/c1-12(7-13,8-14)10-6-15-11-5-3-2-4-9(10)11/h2-6,14H,7-8,13H2,1H3. The highest BCUT2D eigenvalue weighted by atomic mass is 32.1.